The lowest BCUT2D eigenvalue weighted by Gasteiger charge is -2.31. The van der Waals surface area contributed by atoms with Crippen LogP contribution < -0.4 is 0 Å². The second-order valence-electron chi connectivity index (χ2n) is 7.17. The zero-order valence-electron chi connectivity index (χ0n) is 15.4. The third-order valence-corrected chi connectivity index (χ3v) is 5.13. The molecule has 0 radical (unpaired) electrons. The maximum absolute atomic E-state index is 12.7. The van der Waals surface area contributed by atoms with Crippen molar-refractivity contribution in [2.24, 2.45) is 5.92 Å². The van der Waals surface area contributed by atoms with Crippen molar-refractivity contribution < 1.29 is 4.79 Å². The van der Waals surface area contributed by atoms with Gasteiger partial charge in [-0.3, -0.25) is 19.4 Å². The van der Waals surface area contributed by atoms with Gasteiger partial charge in [-0.2, -0.15) is 5.10 Å². The van der Waals surface area contributed by atoms with E-state index in [1.54, 1.807) is 12.4 Å². The van der Waals surface area contributed by atoms with E-state index in [9.17, 15) is 4.79 Å². The summed E-state index contributed by atoms with van der Waals surface area (Å²) in [4.78, 5) is 19.3. The molecule has 1 aromatic carbocycles. The maximum atomic E-state index is 12.7. The first kappa shape index (κ1) is 17.6. The SMILES string of the molecule is O=C(c1ccccn1)C1CCCN(Cc2ccc(Cn3cccn3)cc2)C1. The van der Waals surface area contributed by atoms with Crippen molar-refractivity contribution in [3.8, 4) is 0 Å². The summed E-state index contributed by atoms with van der Waals surface area (Å²) in [5.74, 6) is 0.225. The number of aromatic nitrogens is 3. The van der Waals surface area contributed by atoms with E-state index in [1.807, 2.05) is 35.1 Å². The molecular weight excluding hydrogens is 336 g/mol. The first-order valence-electron chi connectivity index (χ1n) is 9.51. The Morgan fingerprint density at radius 1 is 1.00 bits per heavy atom. The number of Topliss-reactive ketones (excluding diaryl/α,β-unsaturated/α-hetero) is 1. The molecule has 1 unspecified atom stereocenters. The second-order valence-corrected chi connectivity index (χ2v) is 7.17. The highest BCUT2D eigenvalue weighted by Gasteiger charge is 2.27. The van der Waals surface area contributed by atoms with Crippen LogP contribution in [0.15, 0.2) is 67.1 Å². The molecule has 3 heterocycles. The minimum atomic E-state index is 0.0488. The summed E-state index contributed by atoms with van der Waals surface area (Å²) in [6.45, 7) is 3.52. The van der Waals surface area contributed by atoms with Crippen LogP contribution in [0.25, 0.3) is 0 Å². The van der Waals surface area contributed by atoms with Gasteiger partial charge in [0.15, 0.2) is 5.78 Å². The topological polar surface area (TPSA) is 51.0 Å². The molecule has 3 aromatic rings. The van der Waals surface area contributed by atoms with Crippen molar-refractivity contribution in [1.29, 1.82) is 0 Å². The highest BCUT2D eigenvalue weighted by Crippen LogP contribution is 2.22. The zero-order chi connectivity index (χ0) is 18.5. The summed E-state index contributed by atoms with van der Waals surface area (Å²) in [7, 11) is 0. The first-order valence-corrected chi connectivity index (χ1v) is 9.51. The molecule has 2 aromatic heterocycles. The van der Waals surface area contributed by atoms with Gasteiger partial charge in [0.1, 0.15) is 5.69 Å². The Kier molecular flexibility index (Phi) is 5.39. The molecule has 1 fully saturated rings. The van der Waals surface area contributed by atoms with Gasteiger partial charge < -0.3 is 0 Å². The van der Waals surface area contributed by atoms with Crippen LogP contribution in [0, 0.1) is 5.92 Å². The molecular formula is C22H24N4O. The summed E-state index contributed by atoms with van der Waals surface area (Å²) in [6, 6.07) is 16.2. The summed E-state index contributed by atoms with van der Waals surface area (Å²) in [5.41, 5.74) is 3.11. The summed E-state index contributed by atoms with van der Waals surface area (Å²) < 4.78 is 1.92. The second kappa shape index (κ2) is 8.27. The third-order valence-electron chi connectivity index (χ3n) is 5.13. The maximum Gasteiger partial charge on any atom is 0.185 e. The predicted molar refractivity (Wildman–Crippen MR) is 104 cm³/mol. The van der Waals surface area contributed by atoms with Gasteiger partial charge in [0.2, 0.25) is 0 Å². The number of carbonyl (C=O) groups is 1. The Hall–Kier alpha value is -2.79. The highest BCUT2D eigenvalue weighted by atomic mass is 16.1. The number of benzene rings is 1. The molecule has 0 amide bonds. The van der Waals surface area contributed by atoms with Gasteiger partial charge in [-0.15, -0.1) is 0 Å². The van der Waals surface area contributed by atoms with Gasteiger partial charge in [-0.25, -0.2) is 0 Å². The van der Waals surface area contributed by atoms with E-state index < -0.39 is 0 Å². The van der Waals surface area contributed by atoms with Crippen LogP contribution in [0.1, 0.15) is 34.5 Å². The van der Waals surface area contributed by atoms with E-state index in [2.05, 4.69) is 39.2 Å². The first-order chi connectivity index (χ1) is 13.3. The van der Waals surface area contributed by atoms with E-state index in [1.165, 1.54) is 11.1 Å². The molecule has 1 saturated heterocycles. The highest BCUT2D eigenvalue weighted by molar-refractivity contribution is 5.96. The number of rotatable bonds is 6. The van der Waals surface area contributed by atoms with Gasteiger partial charge >= 0.3 is 0 Å². The molecule has 0 saturated carbocycles. The molecule has 0 aliphatic carbocycles. The van der Waals surface area contributed by atoms with Gasteiger partial charge in [0.05, 0.1) is 6.54 Å². The predicted octanol–water partition coefficient (Wildman–Crippen LogP) is 3.42. The Balaban J connectivity index is 1.35. The van der Waals surface area contributed by atoms with Crippen LogP contribution in [-0.4, -0.2) is 38.5 Å². The Bertz CT molecular complexity index is 859. The quantitative estimate of drug-likeness (QED) is 0.632. The normalized spacial score (nSPS) is 17.7. The number of nitrogens with zero attached hydrogens (tertiary/aromatic N) is 4. The fourth-order valence-corrected chi connectivity index (χ4v) is 3.72. The fraction of sp³-hybridized carbons (Fsp3) is 0.318. The number of ketones is 1. The summed E-state index contributed by atoms with van der Waals surface area (Å²) >= 11 is 0. The smallest absolute Gasteiger partial charge is 0.185 e. The molecule has 5 heteroatoms. The zero-order valence-corrected chi connectivity index (χ0v) is 15.4. The standard InChI is InChI=1S/C22H24N4O/c27-22(21-6-1-2-11-23-21)20-5-3-13-25(17-20)15-18-7-9-19(10-8-18)16-26-14-4-12-24-26/h1-2,4,6-12,14,20H,3,5,13,15-17H2. The van der Waals surface area contributed by atoms with Crippen molar-refractivity contribution in [1.82, 2.24) is 19.7 Å². The number of carbonyl (C=O) groups excluding carboxylic acids is 1. The number of piperidine rings is 1. The van der Waals surface area contributed by atoms with Crippen LogP contribution in [0.2, 0.25) is 0 Å². The van der Waals surface area contributed by atoms with E-state index in [0.717, 1.165) is 39.0 Å². The van der Waals surface area contributed by atoms with E-state index >= 15 is 0 Å². The summed E-state index contributed by atoms with van der Waals surface area (Å²) in [5, 5.41) is 4.25. The number of likely N-dealkylation sites (tertiary alicyclic amines) is 1. The van der Waals surface area contributed by atoms with Crippen molar-refractivity contribution in [2.75, 3.05) is 13.1 Å². The summed E-state index contributed by atoms with van der Waals surface area (Å²) in [6.07, 6.45) is 7.47. The molecule has 5 nitrogen and oxygen atoms in total. The minimum absolute atomic E-state index is 0.0488. The molecule has 27 heavy (non-hydrogen) atoms. The van der Waals surface area contributed by atoms with Crippen molar-refractivity contribution >= 4 is 5.78 Å². The Labute approximate surface area is 159 Å². The van der Waals surface area contributed by atoms with E-state index in [4.69, 9.17) is 0 Å². The van der Waals surface area contributed by atoms with Gasteiger partial charge in [0.25, 0.3) is 0 Å². The Morgan fingerprint density at radius 3 is 2.52 bits per heavy atom. The monoisotopic (exact) mass is 360 g/mol. The molecule has 1 atom stereocenters. The van der Waals surface area contributed by atoms with Crippen LogP contribution in [0.5, 0.6) is 0 Å². The van der Waals surface area contributed by atoms with Crippen molar-refractivity contribution in [2.45, 2.75) is 25.9 Å². The van der Waals surface area contributed by atoms with Gasteiger partial charge in [-0.1, -0.05) is 30.3 Å². The van der Waals surface area contributed by atoms with E-state index in [-0.39, 0.29) is 11.7 Å². The minimum Gasteiger partial charge on any atom is -0.298 e. The third kappa shape index (κ3) is 4.49. The average molecular weight is 360 g/mol. The fourth-order valence-electron chi connectivity index (χ4n) is 3.72. The molecule has 0 spiro atoms. The average Bonchev–Trinajstić information content (AvgIpc) is 3.23. The largest absolute Gasteiger partial charge is 0.298 e. The number of pyridine rings is 1. The van der Waals surface area contributed by atoms with Gasteiger partial charge in [0, 0.05) is 37.6 Å². The van der Waals surface area contributed by atoms with Crippen molar-refractivity contribution in [3.63, 3.8) is 0 Å². The molecule has 138 valence electrons. The lowest BCUT2D eigenvalue weighted by Crippen LogP contribution is -2.38. The van der Waals surface area contributed by atoms with Crippen LogP contribution in [0.4, 0.5) is 0 Å². The number of hydrogen-bond donors (Lipinski definition) is 0. The van der Waals surface area contributed by atoms with Crippen molar-refractivity contribution in [3.05, 3.63) is 83.9 Å². The number of hydrogen-bond acceptors (Lipinski definition) is 4. The molecule has 0 bridgehead atoms. The molecule has 1 aliphatic heterocycles. The molecule has 0 N–H and O–H groups in total. The lowest BCUT2D eigenvalue weighted by atomic mass is 9.91. The van der Waals surface area contributed by atoms with Gasteiger partial charge in [-0.05, 0) is 48.7 Å². The lowest BCUT2D eigenvalue weighted by molar-refractivity contribution is 0.0806. The van der Waals surface area contributed by atoms with Crippen LogP contribution >= 0.6 is 0 Å². The molecule has 1 aliphatic rings. The Morgan fingerprint density at radius 2 is 1.81 bits per heavy atom. The van der Waals surface area contributed by atoms with Crippen LogP contribution in [0.3, 0.4) is 0 Å². The molecule has 4 rings (SSSR count). The van der Waals surface area contributed by atoms with E-state index in [0.29, 0.717) is 5.69 Å². The van der Waals surface area contributed by atoms with Crippen LogP contribution in [-0.2, 0) is 13.1 Å².